The van der Waals surface area contributed by atoms with Gasteiger partial charge in [-0.15, -0.1) is 0 Å². The number of nitrogens with one attached hydrogen (secondary N) is 1. The molecule has 0 spiro atoms. The Balaban J connectivity index is 1.61. The van der Waals surface area contributed by atoms with Crippen molar-refractivity contribution in [3.63, 3.8) is 0 Å². The van der Waals surface area contributed by atoms with Gasteiger partial charge in [0.05, 0.1) is 11.3 Å². The summed E-state index contributed by atoms with van der Waals surface area (Å²) < 4.78 is 0. The van der Waals surface area contributed by atoms with Gasteiger partial charge < -0.3 is 15.1 Å². The smallest absolute Gasteiger partial charge is 0.257 e. The van der Waals surface area contributed by atoms with Gasteiger partial charge >= 0.3 is 0 Å². The molecule has 4 rings (SSSR count). The Morgan fingerprint density at radius 2 is 1.96 bits per heavy atom. The van der Waals surface area contributed by atoms with Crippen LogP contribution in [-0.4, -0.2) is 42.5 Å². The number of carbonyl (C=O) groups excluding carboxylic acids is 2. The number of amides is 2. The summed E-state index contributed by atoms with van der Waals surface area (Å²) in [7, 11) is 2.02. The van der Waals surface area contributed by atoms with Gasteiger partial charge in [-0.05, 0) is 43.9 Å². The highest BCUT2D eigenvalue weighted by Gasteiger charge is 2.38. The molecular formula is C18H23N3O2. The van der Waals surface area contributed by atoms with Gasteiger partial charge in [-0.25, -0.2) is 0 Å². The lowest BCUT2D eigenvalue weighted by Gasteiger charge is -2.40. The Hall–Kier alpha value is -2.04. The van der Waals surface area contributed by atoms with Gasteiger partial charge in [0.15, 0.2) is 0 Å². The van der Waals surface area contributed by atoms with Crippen molar-refractivity contribution >= 4 is 17.5 Å². The van der Waals surface area contributed by atoms with Crippen molar-refractivity contribution in [2.45, 2.75) is 50.7 Å². The van der Waals surface area contributed by atoms with E-state index in [9.17, 15) is 9.59 Å². The van der Waals surface area contributed by atoms with Crippen molar-refractivity contribution < 1.29 is 9.59 Å². The van der Waals surface area contributed by atoms with Crippen LogP contribution < -0.4 is 10.2 Å². The van der Waals surface area contributed by atoms with Gasteiger partial charge in [0.2, 0.25) is 0 Å². The first-order valence-electron chi connectivity index (χ1n) is 8.64. The van der Waals surface area contributed by atoms with Crippen LogP contribution in [0.25, 0.3) is 0 Å². The van der Waals surface area contributed by atoms with Gasteiger partial charge in [-0.1, -0.05) is 12.8 Å². The van der Waals surface area contributed by atoms with Crippen LogP contribution in [0.1, 0.15) is 59.2 Å². The minimum Gasteiger partial charge on any atom is -0.354 e. The fourth-order valence-electron chi connectivity index (χ4n) is 4.19. The quantitative estimate of drug-likeness (QED) is 0.912. The van der Waals surface area contributed by atoms with Crippen LogP contribution in [0, 0.1) is 0 Å². The van der Waals surface area contributed by atoms with Crippen LogP contribution in [0.3, 0.4) is 0 Å². The maximum absolute atomic E-state index is 12.6. The Morgan fingerprint density at radius 1 is 1.17 bits per heavy atom. The molecule has 2 amide bonds. The van der Waals surface area contributed by atoms with E-state index in [0.29, 0.717) is 17.2 Å². The first kappa shape index (κ1) is 14.5. The third-order valence-electron chi connectivity index (χ3n) is 5.49. The third-order valence-corrected chi connectivity index (χ3v) is 5.49. The second-order valence-corrected chi connectivity index (χ2v) is 6.92. The maximum Gasteiger partial charge on any atom is 0.257 e. The fraction of sp³-hybridized carbons (Fsp3) is 0.556. The molecule has 2 heterocycles. The van der Waals surface area contributed by atoms with E-state index in [-0.39, 0.29) is 18.0 Å². The van der Waals surface area contributed by atoms with Crippen molar-refractivity contribution in [2.75, 3.05) is 18.5 Å². The van der Waals surface area contributed by atoms with Crippen LogP contribution >= 0.6 is 0 Å². The molecule has 1 saturated heterocycles. The lowest BCUT2D eigenvalue weighted by Crippen LogP contribution is -2.50. The van der Waals surface area contributed by atoms with Crippen molar-refractivity contribution in [3.8, 4) is 0 Å². The van der Waals surface area contributed by atoms with Gasteiger partial charge in [0.1, 0.15) is 6.17 Å². The first-order valence-corrected chi connectivity index (χ1v) is 8.64. The predicted molar refractivity (Wildman–Crippen MR) is 88.6 cm³/mol. The van der Waals surface area contributed by atoms with Crippen LogP contribution in [0.4, 0.5) is 5.69 Å². The maximum atomic E-state index is 12.6. The molecule has 2 fully saturated rings. The molecule has 23 heavy (non-hydrogen) atoms. The standard InChI is InChI=1S/C18H23N3O2/c1-20-15-11-12(17(22)19-13-5-2-3-6-13)8-9-14(15)18(23)21-10-4-7-16(20)21/h8-9,11,13,16H,2-7,10H2,1H3,(H,19,22)/t16-/m1/s1. The molecule has 1 atom stereocenters. The van der Waals surface area contributed by atoms with Gasteiger partial charge in [-0.2, -0.15) is 0 Å². The van der Waals surface area contributed by atoms with Crippen molar-refractivity contribution in [3.05, 3.63) is 29.3 Å². The topological polar surface area (TPSA) is 52.7 Å². The molecule has 5 nitrogen and oxygen atoms in total. The second-order valence-electron chi connectivity index (χ2n) is 6.92. The summed E-state index contributed by atoms with van der Waals surface area (Å²) in [4.78, 5) is 29.2. The zero-order valence-electron chi connectivity index (χ0n) is 13.5. The molecule has 1 aliphatic carbocycles. The normalized spacial score (nSPS) is 23.9. The van der Waals surface area contributed by atoms with Gasteiger partial charge in [-0.3, -0.25) is 9.59 Å². The summed E-state index contributed by atoms with van der Waals surface area (Å²) >= 11 is 0. The number of fused-ring (bicyclic) bond motifs is 2. The summed E-state index contributed by atoms with van der Waals surface area (Å²) in [6.07, 6.45) is 6.73. The van der Waals surface area contributed by atoms with E-state index in [1.54, 1.807) is 6.07 Å². The number of rotatable bonds is 2. The highest BCUT2D eigenvalue weighted by atomic mass is 16.2. The monoisotopic (exact) mass is 313 g/mol. The molecule has 122 valence electrons. The molecule has 1 N–H and O–H groups in total. The minimum absolute atomic E-state index is 0.0191. The Bertz CT molecular complexity index is 652. The lowest BCUT2D eigenvalue weighted by atomic mass is 10.0. The summed E-state index contributed by atoms with van der Waals surface area (Å²) in [5.74, 6) is 0.0813. The van der Waals surface area contributed by atoms with E-state index >= 15 is 0 Å². The zero-order chi connectivity index (χ0) is 16.0. The zero-order valence-corrected chi connectivity index (χ0v) is 13.5. The van der Waals surface area contributed by atoms with E-state index in [2.05, 4.69) is 10.2 Å². The first-order chi connectivity index (χ1) is 11.1. The molecule has 5 heteroatoms. The summed E-state index contributed by atoms with van der Waals surface area (Å²) in [5.41, 5.74) is 2.25. The number of carbonyl (C=O) groups is 2. The van der Waals surface area contributed by atoms with Gasteiger partial charge in [0, 0.05) is 25.2 Å². The molecule has 2 aliphatic heterocycles. The molecule has 0 aromatic heterocycles. The van der Waals surface area contributed by atoms with E-state index < -0.39 is 0 Å². The SMILES string of the molecule is CN1c2cc(C(=O)NC3CCCC3)ccc2C(=O)N2CCC[C@@H]21. The number of hydrogen-bond donors (Lipinski definition) is 1. The van der Waals surface area contributed by atoms with Crippen molar-refractivity contribution in [1.29, 1.82) is 0 Å². The third kappa shape index (κ3) is 2.38. The largest absolute Gasteiger partial charge is 0.354 e. The number of nitrogens with zero attached hydrogens (tertiary/aromatic N) is 2. The molecular weight excluding hydrogens is 290 g/mol. The molecule has 0 radical (unpaired) electrons. The van der Waals surface area contributed by atoms with Crippen LogP contribution in [-0.2, 0) is 0 Å². The van der Waals surface area contributed by atoms with E-state index in [0.717, 1.165) is 37.9 Å². The highest BCUT2D eigenvalue weighted by Crippen LogP contribution is 2.35. The number of benzene rings is 1. The van der Waals surface area contributed by atoms with Crippen LogP contribution in [0.5, 0.6) is 0 Å². The summed E-state index contributed by atoms with van der Waals surface area (Å²) in [5, 5.41) is 3.12. The predicted octanol–water partition coefficient (Wildman–Crippen LogP) is 2.37. The van der Waals surface area contributed by atoms with Crippen LogP contribution in [0.2, 0.25) is 0 Å². The molecule has 1 aromatic carbocycles. The van der Waals surface area contributed by atoms with Gasteiger partial charge in [0.25, 0.3) is 11.8 Å². The van der Waals surface area contributed by atoms with Crippen molar-refractivity contribution in [1.82, 2.24) is 10.2 Å². The number of hydrogen-bond acceptors (Lipinski definition) is 3. The Labute approximate surface area is 136 Å². The van der Waals surface area contributed by atoms with Crippen LogP contribution in [0.15, 0.2) is 18.2 Å². The Kier molecular flexibility index (Phi) is 3.51. The molecule has 1 saturated carbocycles. The molecule has 0 bridgehead atoms. The lowest BCUT2D eigenvalue weighted by molar-refractivity contribution is 0.0719. The molecule has 3 aliphatic rings. The summed E-state index contributed by atoms with van der Waals surface area (Å²) in [6, 6.07) is 5.79. The average molecular weight is 313 g/mol. The number of anilines is 1. The summed E-state index contributed by atoms with van der Waals surface area (Å²) in [6.45, 7) is 0.831. The van der Waals surface area contributed by atoms with E-state index in [1.807, 2.05) is 24.1 Å². The average Bonchev–Trinajstić information content (AvgIpc) is 3.23. The molecule has 1 aromatic rings. The van der Waals surface area contributed by atoms with E-state index in [4.69, 9.17) is 0 Å². The Morgan fingerprint density at radius 3 is 2.74 bits per heavy atom. The van der Waals surface area contributed by atoms with E-state index in [1.165, 1.54) is 12.8 Å². The second kappa shape index (κ2) is 5.55. The molecule has 0 unspecified atom stereocenters. The van der Waals surface area contributed by atoms with Crippen molar-refractivity contribution in [2.24, 2.45) is 0 Å². The fourth-order valence-corrected chi connectivity index (χ4v) is 4.19. The highest BCUT2D eigenvalue weighted by molar-refractivity contribution is 6.04. The minimum atomic E-state index is -0.0191.